The number of nitrogens with zero attached hydrogens (tertiary/aromatic N) is 5. The van der Waals surface area contributed by atoms with E-state index < -0.39 is 0 Å². The molecular formula is C35H38Cl2N6O. The number of aromatic nitrogens is 3. The van der Waals surface area contributed by atoms with Crippen LogP contribution in [-0.2, 0) is 6.54 Å². The van der Waals surface area contributed by atoms with Gasteiger partial charge in [0.2, 0.25) is 0 Å². The van der Waals surface area contributed by atoms with E-state index in [2.05, 4.69) is 52.6 Å². The number of fused-ring (bicyclic) bond motifs is 1. The van der Waals surface area contributed by atoms with Gasteiger partial charge in [0.15, 0.2) is 0 Å². The number of likely N-dealkylation sites (N-methyl/N-ethyl adjacent to an activating group) is 1. The van der Waals surface area contributed by atoms with Crippen LogP contribution < -0.4 is 0 Å². The van der Waals surface area contributed by atoms with E-state index in [1.165, 1.54) is 0 Å². The molecule has 1 N–H and O–H groups in total. The van der Waals surface area contributed by atoms with Crippen LogP contribution in [0.1, 0.15) is 28.9 Å². The van der Waals surface area contributed by atoms with E-state index in [9.17, 15) is 4.79 Å². The highest BCUT2D eigenvalue weighted by Crippen LogP contribution is 2.40. The molecule has 1 aliphatic rings. The fourth-order valence-corrected chi connectivity index (χ4v) is 6.50. The van der Waals surface area contributed by atoms with E-state index in [0.717, 1.165) is 64.9 Å². The summed E-state index contributed by atoms with van der Waals surface area (Å²) in [6, 6.07) is 24.1. The number of amides is 1. The second-order valence-electron chi connectivity index (χ2n) is 12.0. The van der Waals surface area contributed by atoms with Crippen molar-refractivity contribution in [2.75, 3.05) is 47.3 Å². The number of carbonyl (C=O) groups excluding carboxylic acids is 1. The Morgan fingerprint density at radius 1 is 0.977 bits per heavy atom. The van der Waals surface area contributed by atoms with E-state index in [1.807, 2.05) is 71.9 Å². The maximum atomic E-state index is 14.4. The zero-order valence-corrected chi connectivity index (χ0v) is 26.9. The van der Waals surface area contributed by atoms with Crippen LogP contribution in [0.3, 0.4) is 0 Å². The van der Waals surface area contributed by atoms with Crippen molar-refractivity contribution in [1.82, 2.24) is 29.2 Å². The minimum atomic E-state index is -0.00484. The Bertz CT molecular complexity index is 1740. The number of nitrogens with one attached hydrogen (secondary N) is 1. The van der Waals surface area contributed by atoms with E-state index in [-0.39, 0.29) is 5.91 Å². The van der Waals surface area contributed by atoms with Crippen LogP contribution in [-0.4, -0.2) is 88.5 Å². The molecule has 1 amide bonds. The maximum Gasteiger partial charge on any atom is 0.271 e. The van der Waals surface area contributed by atoms with Gasteiger partial charge in [0, 0.05) is 57.8 Å². The lowest BCUT2D eigenvalue weighted by Crippen LogP contribution is -2.37. The first-order valence-corrected chi connectivity index (χ1v) is 15.8. The quantitative estimate of drug-likeness (QED) is 0.178. The van der Waals surface area contributed by atoms with E-state index in [4.69, 9.17) is 28.2 Å². The highest BCUT2D eigenvalue weighted by Gasteiger charge is 2.33. The Kier molecular flexibility index (Phi) is 9.10. The lowest BCUT2D eigenvalue weighted by atomic mass is 10.0. The molecule has 0 spiro atoms. The minimum absolute atomic E-state index is 0.00484. The number of likely N-dealkylation sites (tertiary alicyclic amines) is 1. The molecule has 3 heterocycles. The standard InChI is InChI=1S/C35H38Cl2N6O/c1-40(2)17-7-18-41(3)28-16-19-42(22-28)35(44)33-31(29-15-14-27(37)20-30(29)39-33)34-32(25-8-5-4-6-9-25)38-23-43(34)21-24-10-12-26(36)13-11-24/h4-6,8-15,20,23,28,39H,7,16-19,21-22H2,1-3H3/t28-/m1/s1. The molecule has 0 saturated carbocycles. The van der Waals surface area contributed by atoms with Crippen LogP contribution in [0.4, 0.5) is 0 Å². The summed E-state index contributed by atoms with van der Waals surface area (Å²) in [5.74, 6) is -0.00484. The fraction of sp³-hybridized carbons (Fsp3) is 0.314. The van der Waals surface area contributed by atoms with Crippen LogP contribution in [0.25, 0.3) is 33.4 Å². The Labute approximate surface area is 269 Å². The summed E-state index contributed by atoms with van der Waals surface area (Å²) >= 11 is 12.6. The van der Waals surface area contributed by atoms with E-state index in [1.54, 1.807) is 0 Å². The van der Waals surface area contributed by atoms with Gasteiger partial charge in [-0.2, -0.15) is 0 Å². The summed E-state index contributed by atoms with van der Waals surface area (Å²) < 4.78 is 2.13. The topological polar surface area (TPSA) is 60.4 Å². The Hall–Kier alpha value is -3.62. The fourth-order valence-electron chi connectivity index (χ4n) is 6.20. The SMILES string of the molecule is CN(C)CCCN(C)[C@@H]1CCN(C(=O)c2[nH]c3cc(Cl)ccc3c2-c2c(-c3ccccc3)ncn2Cc2ccc(Cl)cc2)C1. The third kappa shape index (κ3) is 6.42. The lowest BCUT2D eigenvalue weighted by molar-refractivity contribution is 0.0776. The highest BCUT2D eigenvalue weighted by atomic mass is 35.5. The first kappa shape index (κ1) is 30.4. The summed E-state index contributed by atoms with van der Waals surface area (Å²) in [5, 5.41) is 2.24. The Balaban J connectivity index is 1.42. The van der Waals surface area contributed by atoms with Gasteiger partial charge in [-0.25, -0.2) is 4.98 Å². The molecule has 0 bridgehead atoms. The number of benzene rings is 3. The van der Waals surface area contributed by atoms with E-state index >= 15 is 0 Å². The van der Waals surface area contributed by atoms with Crippen molar-refractivity contribution >= 4 is 40.0 Å². The van der Waals surface area contributed by atoms with Crippen LogP contribution in [0.5, 0.6) is 0 Å². The van der Waals surface area contributed by atoms with Gasteiger partial charge in [-0.3, -0.25) is 4.79 Å². The number of imidazole rings is 1. The first-order chi connectivity index (χ1) is 21.3. The number of rotatable bonds is 10. The number of hydrogen-bond donors (Lipinski definition) is 1. The van der Waals surface area contributed by atoms with Crippen molar-refractivity contribution < 1.29 is 4.79 Å². The van der Waals surface area contributed by atoms with Crippen molar-refractivity contribution in [2.45, 2.75) is 25.4 Å². The molecule has 1 saturated heterocycles. The van der Waals surface area contributed by atoms with Crippen molar-refractivity contribution in [3.05, 3.63) is 100 Å². The third-order valence-corrected chi connectivity index (χ3v) is 9.04. The molecule has 44 heavy (non-hydrogen) atoms. The van der Waals surface area contributed by atoms with Crippen LogP contribution >= 0.6 is 23.2 Å². The molecule has 9 heteroatoms. The largest absolute Gasteiger partial charge is 0.350 e. The zero-order chi connectivity index (χ0) is 30.8. The van der Waals surface area contributed by atoms with Crippen LogP contribution in [0.15, 0.2) is 79.1 Å². The van der Waals surface area contributed by atoms with Gasteiger partial charge in [0.25, 0.3) is 5.91 Å². The monoisotopic (exact) mass is 628 g/mol. The maximum absolute atomic E-state index is 14.4. The number of carbonyl (C=O) groups is 1. The molecule has 5 aromatic rings. The van der Waals surface area contributed by atoms with Gasteiger partial charge in [0.1, 0.15) is 5.69 Å². The minimum Gasteiger partial charge on any atom is -0.350 e. The van der Waals surface area contributed by atoms with Gasteiger partial charge < -0.3 is 24.3 Å². The third-order valence-electron chi connectivity index (χ3n) is 8.55. The van der Waals surface area contributed by atoms with Crippen molar-refractivity contribution in [1.29, 1.82) is 0 Å². The molecule has 1 fully saturated rings. The van der Waals surface area contributed by atoms with E-state index in [0.29, 0.717) is 41.4 Å². The Morgan fingerprint density at radius 3 is 2.48 bits per heavy atom. The number of aromatic amines is 1. The predicted molar refractivity (Wildman–Crippen MR) is 181 cm³/mol. The van der Waals surface area contributed by atoms with Gasteiger partial charge >= 0.3 is 0 Å². The molecule has 7 nitrogen and oxygen atoms in total. The average Bonchev–Trinajstić information content (AvgIpc) is 3.75. The molecule has 0 aliphatic carbocycles. The molecule has 0 radical (unpaired) electrons. The second kappa shape index (κ2) is 13.2. The number of H-pyrrole nitrogens is 1. The van der Waals surface area contributed by atoms with Gasteiger partial charge in [-0.1, -0.05) is 71.7 Å². The average molecular weight is 630 g/mol. The summed E-state index contributed by atoms with van der Waals surface area (Å²) in [6.07, 6.45) is 3.92. The molecule has 1 aliphatic heterocycles. The Morgan fingerprint density at radius 2 is 1.73 bits per heavy atom. The lowest BCUT2D eigenvalue weighted by Gasteiger charge is -2.25. The summed E-state index contributed by atoms with van der Waals surface area (Å²) in [7, 11) is 6.38. The van der Waals surface area contributed by atoms with Crippen molar-refractivity contribution in [2.24, 2.45) is 0 Å². The molecule has 0 unspecified atom stereocenters. The van der Waals surface area contributed by atoms with Crippen molar-refractivity contribution in [3.8, 4) is 22.5 Å². The van der Waals surface area contributed by atoms with Gasteiger partial charge in [-0.05, 0) is 76.9 Å². The van der Waals surface area contributed by atoms with Crippen LogP contribution in [0.2, 0.25) is 10.0 Å². The summed E-state index contributed by atoms with van der Waals surface area (Å²) in [5.41, 5.74) is 6.01. The molecule has 228 valence electrons. The molecule has 6 rings (SSSR count). The van der Waals surface area contributed by atoms with Gasteiger partial charge in [0.05, 0.1) is 17.7 Å². The molecule has 1 atom stereocenters. The first-order valence-electron chi connectivity index (χ1n) is 15.1. The van der Waals surface area contributed by atoms with Gasteiger partial charge in [-0.15, -0.1) is 0 Å². The highest BCUT2D eigenvalue weighted by molar-refractivity contribution is 6.31. The van der Waals surface area contributed by atoms with Crippen LogP contribution in [0, 0.1) is 0 Å². The molecule has 2 aromatic heterocycles. The predicted octanol–water partition coefficient (Wildman–Crippen LogP) is 7.15. The normalized spacial score (nSPS) is 15.2. The summed E-state index contributed by atoms with van der Waals surface area (Å²) in [6.45, 7) is 4.04. The molecular weight excluding hydrogens is 591 g/mol. The number of halogens is 2. The van der Waals surface area contributed by atoms with Crippen molar-refractivity contribution in [3.63, 3.8) is 0 Å². The zero-order valence-electron chi connectivity index (χ0n) is 25.4. The summed E-state index contributed by atoms with van der Waals surface area (Å²) in [4.78, 5) is 29.4. The number of hydrogen-bond acceptors (Lipinski definition) is 4. The molecule has 3 aromatic carbocycles. The second-order valence-corrected chi connectivity index (χ2v) is 12.8. The smallest absolute Gasteiger partial charge is 0.271 e.